The van der Waals surface area contributed by atoms with Gasteiger partial charge in [0.2, 0.25) is 11.8 Å². The van der Waals surface area contributed by atoms with E-state index in [-0.39, 0.29) is 6.42 Å². The zero-order valence-corrected chi connectivity index (χ0v) is 21.4. The summed E-state index contributed by atoms with van der Waals surface area (Å²) < 4.78 is 21.3. The Morgan fingerprint density at radius 3 is 2.48 bits per heavy atom. The largest absolute Gasteiger partial charge is 0.457 e. The van der Waals surface area contributed by atoms with E-state index >= 15 is 0 Å². The van der Waals surface area contributed by atoms with E-state index in [1.807, 2.05) is 13.2 Å². The molecular formula is C30H23FN6O3. The summed E-state index contributed by atoms with van der Waals surface area (Å²) in [5, 5.41) is 7.06. The van der Waals surface area contributed by atoms with E-state index in [1.54, 1.807) is 72.1 Å². The number of anilines is 3. The van der Waals surface area contributed by atoms with Crippen molar-refractivity contribution in [1.29, 1.82) is 0 Å². The van der Waals surface area contributed by atoms with Gasteiger partial charge in [0.1, 0.15) is 23.2 Å². The number of pyridine rings is 2. The first-order valence-electron chi connectivity index (χ1n) is 12.5. The van der Waals surface area contributed by atoms with E-state index in [0.717, 1.165) is 16.7 Å². The van der Waals surface area contributed by atoms with Gasteiger partial charge in [0.05, 0.1) is 18.1 Å². The van der Waals surface area contributed by atoms with Crippen LogP contribution in [0.3, 0.4) is 0 Å². The number of nitrogens with one attached hydrogen (secondary N) is 1. The number of carbonyl (C=O) groups is 2. The molecule has 4 heterocycles. The second-order valence-corrected chi connectivity index (χ2v) is 9.30. The Balaban J connectivity index is 1.19. The van der Waals surface area contributed by atoms with E-state index in [4.69, 9.17) is 4.74 Å². The van der Waals surface area contributed by atoms with Crippen LogP contribution in [0.1, 0.15) is 5.56 Å². The molecule has 0 spiro atoms. The molecule has 0 fully saturated rings. The molecule has 2 aromatic carbocycles. The number of carbonyl (C=O) groups excluding carboxylic acids is 2. The van der Waals surface area contributed by atoms with Gasteiger partial charge in [-0.05, 0) is 72.6 Å². The summed E-state index contributed by atoms with van der Waals surface area (Å²) in [5.41, 5.74) is 4.02. The number of halogens is 1. The number of aryl methyl sites for hydroxylation is 1. The number of aromatic nitrogens is 4. The fraction of sp³-hybridized carbons (Fsp3) is 0.100. The maximum atomic E-state index is 13.5. The number of ether oxygens (including phenoxy) is 1. The van der Waals surface area contributed by atoms with Gasteiger partial charge in [-0.1, -0.05) is 0 Å². The van der Waals surface area contributed by atoms with Gasteiger partial charge in [0, 0.05) is 54.3 Å². The summed E-state index contributed by atoms with van der Waals surface area (Å²) in [6.45, 7) is 0. The van der Waals surface area contributed by atoms with Crippen molar-refractivity contribution < 1.29 is 18.7 Å². The van der Waals surface area contributed by atoms with Crippen molar-refractivity contribution in [2.24, 2.45) is 13.0 Å². The van der Waals surface area contributed by atoms with Gasteiger partial charge in [-0.25, -0.2) is 4.39 Å². The standard InChI is InChI=1S/C30H23FN6O3/c1-36-18-20(15-34-36)26-16-32-13-11-28(26)40-24-8-4-22(5-9-24)35-29(38)25-14-19-10-12-33-17-27(19)37(30(25)39)23-6-2-21(31)3-7-23/h2-13,15-18,25H,14H2,1H3,(H,35,38). The third-order valence-electron chi connectivity index (χ3n) is 6.62. The Labute approximate surface area is 228 Å². The van der Waals surface area contributed by atoms with Crippen molar-refractivity contribution >= 4 is 28.9 Å². The fourth-order valence-corrected chi connectivity index (χ4v) is 4.64. The van der Waals surface area contributed by atoms with Crippen molar-refractivity contribution in [1.82, 2.24) is 19.7 Å². The summed E-state index contributed by atoms with van der Waals surface area (Å²) in [6, 6.07) is 16.0. The minimum absolute atomic E-state index is 0.223. The lowest BCUT2D eigenvalue weighted by Crippen LogP contribution is -2.44. The summed E-state index contributed by atoms with van der Waals surface area (Å²) in [6.07, 6.45) is 10.4. The normalized spacial score (nSPS) is 14.5. The highest BCUT2D eigenvalue weighted by Crippen LogP contribution is 2.37. The van der Waals surface area contributed by atoms with Crippen molar-refractivity contribution in [2.45, 2.75) is 6.42 Å². The molecule has 0 bridgehead atoms. The molecule has 6 rings (SSSR count). The Kier molecular flexibility index (Phi) is 6.49. The van der Waals surface area contributed by atoms with Crippen LogP contribution in [0.15, 0.2) is 97.8 Å². The molecule has 1 aliphatic rings. The van der Waals surface area contributed by atoms with Crippen LogP contribution in [-0.2, 0) is 23.1 Å². The molecular weight excluding hydrogens is 511 g/mol. The first-order valence-corrected chi connectivity index (χ1v) is 12.5. The van der Waals surface area contributed by atoms with Gasteiger partial charge in [-0.15, -0.1) is 0 Å². The van der Waals surface area contributed by atoms with Crippen LogP contribution in [0.2, 0.25) is 0 Å². The van der Waals surface area contributed by atoms with E-state index in [9.17, 15) is 14.0 Å². The molecule has 1 aliphatic heterocycles. The lowest BCUT2D eigenvalue weighted by atomic mass is 9.91. The van der Waals surface area contributed by atoms with Crippen LogP contribution in [0.5, 0.6) is 11.5 Å². The van der Waals surface area contributed by atoms with Gasteiger partial charge in [0.25, 0.3) is 0 Å². The van der Waals surface area contributed by atoms with Crippen LogP contribution >= 0.6 is 0 Å². The number of amides is 2. The van der Waals surface area contributed by atoms with Crippen molar-refractivity contribution in [2.75, 3.05) is 10.2 Å². The molecule has 9 nitrogen and oxygen atoms in total. The molecule has 1 unspecified atom stereocenters. The molecule has 0 radical (unpaired) electrons. The predicted octanol–water partition coefficient (Wildman–Crippen LogP) is 5.28. The predicted molar refractivity (Wildman–Crippen MR) is 147 cm³/mol. The number of benzene rings is 2. The maximum Gasteiger partial charge on any atom is 0.244 e. The molecule has 5 aromatic rings. The molecule has 10 heteroatoms. The third-order valence-corrected chi connectivity index (χ3v) is 6.62. The highest BCUT2D eigenvalue weighted by atomic mass is 19.1. The summed E-state index contributed by atoms with van der Waals surface area (Å²) in [5.74, 6) is -1.08. The number of nitrogens with zero attached hydrogens (tertiary/aromatic N) is 5. The summed E-state index contributed by atoms with van der Waals surface area (Å²) >= 11 is 0. The lowest BCUT2D eigenvalue weighted by Gasteiger charge is -2.33. The quantitative estimate of drug-likeness (QED) is 0.297. The first-order chi connectivity index (χ1) is 19.5. The Bertz CT molecular complexity index is 1700. The van der Waals surface area contributed by atoms with Crippen LogP contribution in [0, 0.1) is 11.7 Å². The smallest absolute Gasteiger partial charge is 0.244 e. The van der Waals surface area contributed by atoms with Gasteiger partial charge >= 0.3 is 0 Å². The Morgan fingerprint density at radius 1 is 0.975 bits per heavy atom. The average molecular weight is 535 g/mol. The Morgan fingerprint density at radius 2 is 1.73 bits per heavy atom. The average Bonchev–Trinajstić information content (AvgIpc) is 3.40. The molecule has 0 aliphatic carbocycles. The zero-order valence-electron chi connectivity index (χ0n) is 21.4. The molecule has 2 amide bonds. The van der Waals surface area contributed by atoms with Crippen LogP contribution < -0.4 is 15.0 Å². The molecule has 3 aromatic heterocycles. The van der Waals surface area contributed by atoms with Crippen LogP contribution in [0.4, 0.5) is 21.5 Å². The highest BCUT2D eigenvalue weighted by Gasteiger charge is 2.38. The van der Waals surface area contributed by atoms with Gasteiger partial charge in [-0.3, -0.25) is 29.1 Å². The van der Waals surface area contributed by atoms with Gasteiger partial charge in [-0.2, -0.15) is 5.10 Å². The van der Waals surface area contributed by atoms with E-state index in [0.29, 0.717) is 28.6 Å². The second-order valence-electron chi connectivity index (χ2n) is 9.30. The van der Waals surface area contributed by atoms with Crippen molar-refractivity contribution in [3.63, 3.8) is 0 Å². The third kappa shape index (κ3) is 4.90. The minimum atomic E-state index is -0.977. The maximum absolute atomic E-state index is 13.5. The zero-order chi connectivity index (χ0) is 27.6. The highest BCUT2D eigenvalue weighted by molar-refractivity contribution is 6.16. The SMILES string of the molecule is Cn1cc(-c2cnccc2Oc2ccc(NC(=O)C3Cc4ccncc4N(c4ccc(F)cc4)C3=O)cc2)cn1. The number of rotatable bonds is 6. The van der Waals surface area contributed by atoms with E-state index in [2.05, 4.69) is 20.4 Å². The number of hydrogen-bond donors (Lipinski definition) is 1. The van der Waals surface area contributed by atoms with Crippen molar-refractivity contribution in [3.8, 4) is 22.6 Å². The second kappa shape index (κ2) is 10.4. The first kappa shape index (κ1) is 24.9. The monoisotopic (exact) mass is 534 g/mol. The lowest BCUT2D eigenvalue weighted by molar-refractivity contribution is -0.130. The van der Waals surface area contributed by atoms with Crippen molar-refractivity contribution in [3.05, 3.63) is 109 Å². The number of fused-ring (bicyclic) bond motifs is 1. The molecule has 198 valence electrons. The molecule has 0 saturated carbocycles. The summed E-state index contributed by atoms with van der Waals surface area (Å²) in [7, 11) is 1.84. The van der Waals surface area contributed by atoms with E-state index in [1.165, 1.54) is 29.2 Å². The van der Waals surface area contributed by atoms with Crippen LogP contribution in [-0.4, -0.2) is 31.6 Å². The van der Waals surface area contributed by atoms with Crippen LogP contribution in [0.25, 0.3) is 11.1 Å². The molecule has 40 heavy (non-hydrogen) atoms. The van der Waals surface area contributed by atoms with Gasteiger partial charge in [0.15, 0.2) is 0 Å². The Hall–Kier alpha value is -5.38. The van der Waals surface area contributed by atoms with E-state index < -0.39 is 23.5 Å². The summed E-state index contributed by atoms with van der Waals surface area (Å²) in [4.78, 5) is 36.6. The topological polar surface area (TPSA) is 102 Å². The molecule has 0 saturated heterocycles. The minimum Gasteiger partial charge on any atom is -0.457 e. The molecule has 1 atom stereocenters. The molecule has 1 N–H and O–H groups in total. The number of hydrogen-bond acceptors (Lipinski definition) is 6. The van der Waals surface area contributed by atoms with Gasteiger partial charge < -0.3 is 10.1 Å². The fourth-order valence-electron chi connectivity index (χ4n) is 4.64.